The first-order chi connectivity index (χ1) is 8.14. The van der Waals surface area contributed by atoms with Crippen molar-refractivity contribution in [2.24, 2.45) is 5.92 Å². The summed E-state index contributed by atoms with van der Waals surface area (Å²) in [5, 5.41) is 1.66. The lowest BCUT2D eigenvalue weighted by Gasteiger charge is -2.36. The Morgan fingerprint density at radius 3 is 2.29 bits per heavy atom. The van der Waals surface area contributed by atoms with Crippen molar-refractivity contribution in [1.82, 2.24) is 0 Å². The third-order valence-corrected chi connectivity index (χ3v) is 9.49. The van der Waals surface area contributed by atoms with Gasteiger partial charge in [-0.2, -0.15) is 0 Å². The summed E-state index contributed by atoms with van der Waals surface area (Å²) in [5.41, 5.74) is 0. The van der Waals surface area contributed by atoms with E-state index in [0.717, 1.165) is 5.92 Å². The van der Waals surface area contributed by atoms with Crippen LogP contribution in [-0.4, -0.2) is 8.07 Å². The summed E-state index contributed by atoms with van der Waals surface area (Å²) >= 11 is 3.53. The van der Waals surface area contributed by atoms with Crippen LogP contribution in [0.15, 0.2) is 28.7 Å². The molecule has 2 heteroatoms. The normalized spacial score (nSPS) is 29.2. The highest BCUT2D eigenvalue weighted by Crippen LogP contribution is 2.34. The van der Waals surface area contributed by atoms with Gasteiger partial charge in [0.2, 0.25) is 0 Å². The minimum atomic E-state index is -1.13. The predicted octanol–water partition coefficient (Wildman–Crippen LogP) is 4.94. The molecule has 0 aromatic heterocycles. The maximum Gasteiger partial charge on any atom is 0.0837 e. The van der Waals surface area contributed by atoms with E-state index in [9.17, 15) is 0 Å². The highest BCUT2D eigenvalue weighted by Gasteiger charge is 2.34. The lowest BCUT2D eigenvalue weighted by atomic mass is 9.97. The SMILES string of the molecule is CCC[C@H]1CC[Si@](C)(c2ccc(Br)cc2)CC1. The van der Waals surface area contributed by atoms with Gasteiger partial charge in [-0.25, -0.2) is 0 Å². The molecule has 0 nitrogen and oxygen atoms in total. The van der Waals surface area contributed by atoms with E-state index < -0.39 is 8.07 Å². The van der Waals surface area contributed by atoms with Crippen LogP contribution in [0.1, 0.15) is 32.6 Å². The molecular weight excluding hydrogens is 288 g/mol. The van der Waals surface area contributed by atoms with Crippen molar-refractivity contribution in [3.05, 3.63) is 28.7 Å². The zero-order valence-corrected chi connectivity index (χ0v) is 13.6. The average Bonchev–Trinajstić information content (AvgIpc) is 2.33. The molecule has 1 aliphatic rings. The van der Waals surface area contributed by atoms with Crippen LogP contribution in [-0.2, 0) is 0 Å². The fraction of sp³-hybridized carbons (Fsp3) is 0.600. The van der Waals surface area contributed by atoms with E-state index in [1.54, 1.807) is 5.19 Å². The van der Waals surface area contributed by atoms with Gasteiger partial charge in [-0.3, -0.25) is 0 Å². The number of halogens is 1. The first kappa shape index (κ1) is 13.4. The molecule has 0 amide bonds. The van der Waals surface area contributed by atoms with Crippen molar-refractivity contribution >= 4 is 29.2 Å². The van der Waals surface area contributed by atoms with Gasteiger partial charge < -0.3 is 0 Å². The summed E-state index contributed by atoms with van der Waals surface area (Å²) in [5.74, 6) is 1.02. The maximum atomic E-state index is 3.53. The smallest absolute Gasteiger partial charge is 0.0654 e. The molecule has 0 radical (unpaired) electrons. The van der Waals surface area contributed by atoms with Gasteiger partial charge in [-0.05, 0) is 18.1 Å². The molecule has 0 unspecified atom stereocenters. The zero-order valence-electron chi connectivity index (χ0n) is 11.0. The molecule has 94 valence electrons. The molecule has 0 bridgehead atoms. The van der Waals surface area contributed by atoms with Gasteiger partial charge in [0.1, 0.15) is 0 Å². The summed E-state index contributed by atoms with van der Waals surface area (Å²) in [4.78, 5) is 0. The Morgan fingerprint density at radius 2 is 1.76 bits per heavy atom. The highest BCUT2D eigenvalue weighted by molar-refractivity contribution is 9.10. The Kier molecular flexibility index (Phi) is 4.48. The first-order valence-corrected chi connectivity index (χ1v) is 10.6. The van der Waals surface area contributed by atoms with Crippen molar-refractivity contribution in [1.29, 1.82) is 0 Å². The molecule has 0 spiro atoms. The van der Waals surface area contributed by atoms with E-state index in [-0.39, 0.29) is 0 Å². The fourth-order valence-electron chi connectivity index (χ4n) is 3.15. The van der Waals surface area contributed by atoms with Gasteiger partial charge in [-0.1, -0.05) is 84.5 Å². The van der Waals surface area contributed by atoms with Crippen molar-refractivity contribution in [3.63, 3.8) is 0 Å². The first-order valence-electron chi connectivity index (χ1n) is 6.90. The molecule has 2 rings (SSSR count). The topological polar surface area (TPSA) is 0 Å². The average molecular weight is 311 g/mol. The summed E-state index contributed by atoms with van der Waals surface area (Å²) in [6.07, 6.45) is 5.77. The van der Waals surface area contributed by atoms with E-state index in [2.05, 4.69) is 53.7 Å². The summed E-state index contributed by atoms with van der Waals surface area (Å²) < 4.78 is 1.21. The van der Waals surface area contributed by atoms with Crippen LogP contribution in [0.25, 0.3) is 0 Å². The lowest BCUT2D eigenvalue weighted by molar-refractivity contribution is 0.431. The third-order valence-electron chi connectivity index (χ3n) is 4.45. The van der Waals surface area contributed by atoms with Crippen LogP contribution in [0.5, 0.6) is 0 Å². The van der Waals surface area contributed by atoms with E-state index in [1.807, 2.05) is 0 Å². The van der Waals surface area contributed by atoms with Crippen LogP contribution in [0, 0.1) is 5.92 Å². The molecule has 1 aromatic carbocycles. The number of hydrogen-bond donors (Lipinski definition) is 0. The van der Waals surface area contributed by atoms with E-state index in [4.69, 9.17) is 0 Å². The van der Waals surface area contributed by atoms with Gasteiger partial charge >= 0.3 is 0 Å². The van der Waals surface area contributed by atoms with Crippen molar-refractivity contribution in [3.8, 4) is 0 Å². The second-order valence-electron chi connectivity index (χ2n) is 5.80. The number of benzene rings is 1. The highest BCUT2D eigenvalue weighted by atomic mass is 79.9. The van der Waals surface area contributed by atoms with Gasteiger partial charge in [-0.15, -0.1) is 0 Å². The van der Waals surface area contributed by atoms with Crippen molar-refractivity contribution in [2.45, 2.75) is 51.2 Å². The molecule has 1 fully saturated rings. The van der Waals surface area contributed by atoms with Crippen molar-refractivity contribution in [2.75, 3.05) is 0 Å². The molecular formula is C15H23BrSi. The molecule has 0 saturated carbocycles. The Hall–Kier alpha value is -0.0831. The standard InChI is InChI=1S/C15H23BrSi/c1-3-4-13-9-11-17(2,12-10-13)15-7-5-14(16)6-8-15/h5-8,13H,3-4,9-12H2,1-2H3/t13-,17-. The summed E-state index contributed by atoms with van der Waals surface area (Å²) in [7, 11) is -1.13. The van der Waals surface area contributed by atoms with Crippen LogP contribution in [0.3, 0.4) is 0 Å². The van der Waals surface area contributed by atoms with E-state index in [1.165, 1.54) is 42.2 Å². The summed E-state index contributed by atoms with van der Waals surface area (Å²) in [6.45, 7) is 4.90. The molecule has 1 saturated heterocycles. The number of rotatable bonds is 3. The lowest BCUT2D eigenvalue weighted by Crippen LogP contribution is -2.47. The van der Waals surface area contributed by atoms with Crippen LogP contribution < -0.4 is 5.19 Å². The number of hydrogen-bond acceptors (Lipinski definition) is 0. The Balaban J connectivity index is 2.04. The van der Waals surface area contributed by atoms with Gasteiger partial charge in [0, 0.05) is 4.47 Å². The van der Waals surface area contributed by atoms with Crippen molar-refractivity contribution < 1.29 is 0 Å². The Bertz CT molecular complexity index is 350. The largest absolute Gasteiger partial charge is 0.0837 e. The second-order valence-corrected chi connectivity index (χ2v) is 11.4. The molecule has 0 N–H and O–H groups in total. The minimum Gasteiger partial charge on any atom is -0.0654 e. The Labute approximate surface area is 115 Å². The fourth-order valence-corrected chi connectivity index (χ4v) is 7.31. The van der Waals surface area contributed by atoms with E-state index in [0.29, 0.717) is 0 Å². The zero-order chi connectivity index (χ0) is 12.3. The van der Waals surface area contributed by atoms with Crippen LogP contribution >= 0.6 is 15.9 Å². The predicted molar refractivity (Wildman–Crippen MR) is 82.6 cm³/mol. The van der Waals surface area contributed by atoms with Gasteiger partial charge in [0.05, 0.1) is 8.07 Å². The van der Waals surface area contributed by atoms with Gasteiger partial charge in [0.25, 0.3) is 0 Å². The molecule has 0 atom stereocenters. The van der Waals surface area contributed by atoms with Crippen LogP contribution in [0.4, 0.5) is 0 Å². The second kappa shape index (κ2) is 5.70. The minimum absolute atomic E-state index is 1.02. The molecule has 1 aromatic rings. The molecule has 1 aliphatic heterocycles. The third kappa shape index (κ3) is 3.23. The molecule has 0 aliphatic carbocycles. The molecule has 1 heterocycles. The van der Waals surface area contributed by atoms with E-state index >= 15 is 0 Å². The molecule has 17 heavy (non-hydrogen) atoms. The maximum absolute atomic E-state index is 3.53. The quantitative estimate of drug-likeness (QED) is 0.693. The van der Waals surface area contributed by atoms with Crippen LogP contribution in [0.2, 0.25) is 18.6 Å². The monoisotopic (exact) mass is 310 g/mol. The van der Waals surface area contributed by atoms with Gasteiger partial charge in [0.15, 0.2) is 0 Å². The summed E-state index contributed by atoms with van der Waals surface area (Å²) in [6, 6.07) is 12.1. The Morgan fingerprint density at radius 1 is 1.18 bits per heavy atom.